The van der Waals surface area contributed by atoms with Crippen LogP contribution in [0, 0.1) is 12.3 Å². The van der Waals surface area contributed by atoms with E-state index in [1.165, 1.54) is 0 Å². The summed E-state index contributed by atoms with van der Waals surface area (Å²) in [5.41, 5.74) is 4.83. The SMILES string of the molecule is C=CC(C)(C)OCCN(C)c1ccc(-c2cnc(C)c(CC(=O)OC(C)C)c2N2CCC(C)(C)CC2)cn1. The van der Waals surface area contributed by atoms with E-state index in [-0.39, 0.29) is 24.1 Å². The van der Waals surface area contributed by atoms with Gasteiger partial charge in [0.1, 0.15) is 5.82 Å². The summed E-state index contributed by atoms with van der Waals surface area (Å²) in [4.78, 5) is 26.7. The molecule has 7 heteroatoms. The largest absolute Gasteiger partial charge is 0.463 e. The van der Waals surface area contributed by atoms with Crippen LogP contribution in [0.1, 0.15) is 65.6 Å². The lowest BCUT2D eigenvalue weighted by molar-refractivity contribution is -0.146. The number of likely N-dealkylation sites (N-methyl/N-ethyl adjacent to an activating group) is 1. The second-order valence-corrected chi connectivity index (χ2v) is 11.9. The van der Waals surface area contributed by atoms with Crippen LogP contribution in [-0.2, 0) is 20.7 Å². The maximum atomic E-state index is 12.7. The second kappa shape index (κ2) is 12.3. The summed E-state index contributed by atoms with van der Waals surface area (Å²) in [6, 6.07) is 4.12. The molecule has 0 saturated carbocycles. The molecule has 0 amide bonds. The molecule has 3 heterocycles. The van der Waals surface area contributed by atoms with Crippen LogP contribution < -0.4 is 9.80 Å². The molecule has 38 heavy (non-hydrogen) atoms. The number of nitrogens with zero attached hydrogens (tertiary/aromatic N) is 4. The first kappa shape index (κ1) is 29.6. The van der Waals surface area contributed by atoms with Gasteiger partial charge in [0.25, 0.3) is 0 Å². The lowest BCUT2D eigenvalue weighted by atomic mass is 9.82. The first-order chi connectivity index (χ1) is 17.8. The van der Waals surface area contributed by atoms with E-state index in [1.54, 1.807) is 0 Å². The zero-order chi connectivity index (χ0) is 28.1. The molecule has 0 unspecified atom stereocenters. The van der Waals surface area contributed by atoms with Gasteiger partial charge >= 0.3 is 5.97 Å². The number of ether oxygens (including phenoxy) is 2. The van der Waals surface area contributed by atoms with Crippen molar-refractivity contribution < 1.29 is 14.3 Å². The first-order valence-corrected chi connectivity index (χ1v) is 13.7. The normalized spacial score (nSPS) is 15.4. The van der Waals surface area contributed by atoms with Gasteiger partial charge in [-0.2, -0.15) is 0 Å². The predicted octanol–water partition coefficient (Wildman–Crippen LogP) is 5.99. The number of aromatic nitrogens is 2. The second-order valence-electron chi connectivity index (χ2n) is 11.9. The summed E-state index contributed by atoms with van der Waals surface area (Å²) in [5.74, 6) is 0.647. The molecule has 208 valence electrons. The van der Waals surface area contributed by atoms with Gasteiger partial charge in [-0.3, -0.25) is 9.78 Å². The number of aryl methyl sites for hydroxylation is 1. The Morgan fingerprint density at radius 3 is 2.47 bits per heavy atom. The topological polar surface area (TPSA) is 67.8 Å². The molecule has 2 aromatic heterocycles. The number of carbonyl (C=O) groups is 1. The molecule has 0 atom stereocenters. The molecule has 0 N–H and O–H groups in total. The standard InChI is InChI=1S/C31H46N4O3/c1-10-31(7,8)37-18-17-34(9)27-12-11-24(20-33-27)26-21-32-23(4)25(19-28(36)38-22(2)3)29(26)35-15-13-30(5,6)14-16-35/h10-12,20-22H,1,13-19H2,2-9H3. The van der Waals surface area contributed by atoms with Crippen molar-refractivity contribution in [3.8, 4) is 11.1 Å². The Labute approximate surface area is 229 Å². The fourth-order valence-corrected chi connectivity index (χ4v) is 4.59. The number of pyridine rings is 2. The van der Waals surface area contributed by atoms with E-state index in [9.17, 15) is 4.79 Å². The maximum absolute atomic E-state index is 12.7. The van der Waals surface area contributed by atoms with E-state index in [2.05, 4.69) is 36.3 Å². The number of piperidine rings is 1. The van der Waals surface area contributed by atoms with Crippen molar-refractivity contribution in [3.05, 3.63) is 48.4 Å². The van der Waals surface area contributed by atoms with E-state index >= 15 is 0 Å². The van der Waals surface area contributed by atoms with Gasteiger partial charge in [0.05, 0.1) is 30.4 Å². The summed E-state index contributed by atoms with van der Waals surface area (Å²) in [7, 11) is 2.01. The summed E-state index contributed by atoms with van der Waals surface area (Å²) < 4.78 is 11.4. The van der Waals surface area contributed by atoms with Gasteiger partial charge in [-0.15, -0.1) is 6.58 Å². The average molecular weight is 523 g/mol. The molecule has 0 radical (unpaired) electrons. The number of anilines is 2. The van der Waals surface area contributed by atoms with Gasteiger partial charge in [0.2, 0.25) is 0 Å². The predicted molar refractivity (Wildman–Crippen MR) is 156 cm³/mol. The molecule has 0 bridgehead atoms. The Balaban J connectivity index is 1.91. The average Bonchev–Trinajstić information content (AvgIpc) is 2.85. The van der Waals surface area contributed by atoms with Crippen molar-refractivity contribution >= 4 is 17.5 Å². The minimum Gasteiger partial charge on any atom is -0.463 e. The van der Waals surface area contributed by atoms with Crippen molar-refractivity contribution in [2.45, 2.75) is 79.4 Å². The van der Waals surface area contributed by atoms with Gasteiger partial charge in [0.15, 0.2) is 0 Å². The fraction of sp³-hybridized carbons (Fsp3) is 0.581. The van der Waals surface area contributed by atoms with Crippen molar-refractivity contribution in [1.29, 1.82) is 0 Å². The highest BCUT2D eigenvalue weighted by molar-refractivity contribution is 5.85. The van der Waals surface area contributed by atoms with Crippen molar-refractivity contribution in [1.82, 2.24) is 9.97 Å². The van der Waals surface area contributed by atoms with Crippen LogP contribution in [0.2, 0.25) is 0 Å². The summed E-state index contributed by atoms with van der Waals surface area (Å²) in [6.07, 6.45) is 7.88. The van der Waals surface area contributed by atoms with Crippen LogP contribution in [0.15, 0.2) is 37.2 Å². The number of hydrogen-bond donors (Lipinski definition) is 0. The summed E-state index contributed by atoms with van der Waals surface area (Å²) in [5, 5.41) is 0. The van der Waals surface area contributed by atoms with Crippen LogP contribution in [0.3, 0.4) is 0 Å². The highest BCUT2D eigenvalue weighted by Crippen LogP contribution is 2.40. The zero-order valence-corrected chi connectivity index (χ0v) is 24.6. The van der Waals surface area contributed by atoms with Crippen LogP contribution in [0.25, 0.3) is 11.1 Å². The number of rotatable bonds is 11. The van der Waals surface area contributed by atoms with Gasteiger partial charge in [-0.25, -0.2) is 4.98 Å². The van der Waals surface area contributed by atoms with Crippen molar-refractivity contribution in [2.75, 3.05) is 43.1 Å². The zero-order valence-electron chi connectivity index (χ0n) is 24.6. The van der Waals surface area contributed by atoms with Gasteiger partial charge in [0, 0.05) is 61.5 Å². The van der Waals surface area contributed by atoms with E-state index in [1.807, 2.05) is 66.2 Å². The lowest BCUT2D eigenvalue weighted by Gasteiger charge is -2.40. The Bertz CT molecular complexity index is 1100. The Hall–Kier alpha value is -2.93. The Morgan fingerprint density at radius 2 is 1.89 bits per heavy atom. The maximum Gasteiger partial charge on any atom is 0.310 e. The third-order valence-electron chi connectivity index (χ3n) is 7.33. The fourth-order valence-electron chi connectivity index (χ4n) is 4.59. The van der Waals surface area contributed by atoms with E-state index in [0.29, 0.717) is 18.6 Å². The molecular weight excluding hydrogens is 476 g/mol. The van der Waals surface area contributed by atoms with Crippen LogP contribution in [-0.4, -0.2) is 60.9 Å². The molecule has 1 fully saturated rings. The van der Waals surface area contributed by atoms with Crippen molar-refractivity contribution in [3.63, 3.8) is 0 Å². The molecule has 1 aliphatic heterocycles. The monoisotopic (exact) mass is 522 g/mol. The highest BCUT2D eigenvalue weighted by atomic mass is 16.5. The number of esters is 1. The number of hydrogen-bond acceptors (Lipinski definition) is 7. The van der Waals surface area contributed by atoms with Gasteiger partial charge in [-0.1, -0.05) is 19.9 Å². The summed E-state index contributed by atoms with van der Waals surface area (Å²) >= 11 is 0. The first-order valence-electron chi connectivity index (χ1n) is 13.7. The third kappa shape index (κ3) is 7.79. The molecule has 1 aliphatic rings. The molecule has 3 rings (SSSR count). The van der Waals surface area contributed by atoms with Crippen LogP contribution >= 0.6 is 0 Å². The Kier molecular flexibility index (Phi) is 9.58. The third-order valence-corrected chi connectivity index (χ3v) is 7.33. The molecule has 0 aromatic carbocycles. The Morgan fingerprint density at radius 1 is 1.21 bits per heavy atom. The molecule has 7 nitrogen and oxygen atoms in total. The molecule has 1 saturated heterocycles. The van der Waals surface area contributed by atoms with Crippen molar-refractivity contribution in [2.24, 2.45) is 5.41 Å². The van der Waals surface area contributed by atoms with Gasteiger partial charge in [-0.05, 0) is 65.0 Å². The number of carbonyl (C=O) groups excluding carboxylic acids is 1. The van der Waals surface area contributed by atoms with E-state index in [4.69, 9.17) is 19.4 Å². The van der Waals surface area contributed by atoms with Gasteiger partial charge < -0.3 is 19.3 Å². The van der Waals surface area contributed by atoms with Crippen LogP contribution in [0.5, 0.6) is 0 Å². The quantitative estimate of drug-likeness (QED) is 0.265. The van der Waals surface area contributed by atoms with E-state index < -0.39 is 0 Å². The minimum absolute atomic E-state index is 0.153. The molecular formula is C31H46N4O3. The smallest absolute Gasteiger partial charge is 0.310 e. The lowest BCUT2D eigenvalue weighted by Crippen LogP contribution is -2.38. The molecule has 0 aliphatic carbocycles. The van der Waals surface area contributed by atoms with E-state index in [0.717, 1.165) is 59.8 Å². The molecule has 2 aromatic rings. The molecule has 0 spiro atoms. The minimum atomic E-state index is -0.351. The highest BCUT2D eigenvalue weighted by Gasteiger charge is 2.29. The van der Waals surface area contributed by atoms with Crippen LogP contribution in [0.4, 0.5) is 11.5 Å². The summed E-state index contributed by atoms with van der Waals surface area (Å²) in [6.45, 7) is 21.4.